The Bertz CT molecular complexity index is 1280. The van der Waals surface area contributed by atoms with E-state index in [1.54, 1.807) is 12.1 Å². The third-order valence-corrected chi connectivity index (χ3v) is 4.54. The van der Waals surface area contributed by atoms with Crippen LogP contribution in [0.5, 0.6) is 0 Å². The second-order valence-electron chi connectivity index (χ2n) is 7.37. The van der Waals surface area contributed by atoms with E-state index >= 15 is 0 Å². The number of rotatable bonds is 6. The number of nitrogens with one attached hydrogen (secondary N) is 1. The maximum absolute atomic E-state index is 12.2. The number of carbonyl (C=O) groups excluding carboxylic acids is 1. The van der Waals surface area contributed by atoms with Crippen LogP contribution in [0, 0.1) is 6.92 Å². The average Bonchev–Trinajstić information content (AvgIpc) is 2.74. The first-order valence-electron chi connectivity index (χ1n) is 10.2. The van der Waals surface area contributed by atoms with E-state index in [0.29, 0.717) is 29.8 Å². The lowest BCUT2D eigenvalue weighted by Crippen LogP contribution is -2.21. The lowest BCUT2D eigenvalue weighted by Gasteiger charge is -2.07. The fraction of sp³-hybridized carbons (Fsp3) is 0.217. The molecule has 186 valence electrons. The molecule has 12 heteroatoms. The Morgan fingerprint density at radius 3 is 2.29 bits per heavy atom. The summed E-state index contributed by atoms with van der Waals surface area (Å²) in [7, 11) is 0. The van der Waals surface area contributed by atoms with Crippen molar-refractivity contribution in [3.63, 3.8) is 0 Å². The van der Waals surface area contributed by atoms with Gasteiger partial charge in [0, 0.05) is 29.6 Å². The molecule has 2 aromatic carbocycles. The van der Waals surface area contributed by atoms with Crippen molar-refractivity contribution >= 4 is 40.2 Å². The minimum atomic E-state index is -5.08. The van der Waals surface area contributed by atoms with E-state index in [9.17, 15) is 22.8 Å². The summed E-state index contributed by atoms with van der Waals surface area (Å²) in [5, 5.41) is 10.8. The summed E-state index contributed by atoms with van der Waals surface area (Å²) in [5.41, 5.74) is 14.0. The maximum Gasteiger partial charge on any atom is 0.490 e. The summed E-state index contributed by atoms with van der Waals surface area (Å²) in [4.78, 5) is 36.6. The Kier molecular flexibility index (Phi) is 8.98. The molecule has 0 aliphatic rings. The number of anilines is 1. The number of halogens is 3. The quantitative estimate of drug-likeness (QED) is 0.232. The molecule has 0 saturated heterocycles. The summed E-state index contributed by atoms with van der Waals surface area (Å²) in [6.45, 7) is 1.85. The number of carboxylic acid groups (broad SMARTS) is 1. The highest BCUT2D eigenvalue weighted by Crippen LogP contribution is 2.21. The highest BCUT2D eigenvalue weighted by atomic mass is 19.4. The number of hydrogen-bond donors (Lipinski definition) is 4. The van der Waals surface area contributed by atoms with Crippen LogP contribution in [0.15, 0.2) is 62.7 Å². The predicted octanol–water partition coefficient (Wildman–Crippen LogP) is 3.60. The minimum Gasteiger partial charge on any atom is -0.475 e. The zero-order valence-electron chi connectivity index (χ0n) is 18.6. The highest BCUT2D eigenvalue weighted by Gasteiger charge is 2.38. The molecule has 6 N–H and O–H groups in total. The van der Waals surface area contributed by atoms with Gasteiger partial charge in [-0.2, -0.15) is 13.2 Å². The third-order valence-electron chi connectivity index (χ3n) is 4.54. The van der Waals surface area contributed by atoms with Crippen LogP contribution in [-0.2, 0) is 16.0 Å². The first-order valence-corrected chi connectivity index (χ1v) is 10.2. The van der Waals surface area contributed by atoms with Crippen LogP contribution in [0.25, 0.3) is 11.0 Å². The maximum atomic E-state index is 12.2. The molecule has 1 amide bonds. The van der Waals surface area contributed by atoms with Gasteiger partial charge in [-0.05, 0) is 55.2 Å². The number of aliphatic carboxylic acids is 1. The van der Waals surface area contributed by atoms with Crippen molar-refractivity contribution in [1.29, 1.82) is 0 Å². The van der Waals surface area contributed by atoms with Crippen LogP contribution in [0.2, 0.25) is 0 Å². The number of nitrogens with zero attached hydrogens (tertiary/aromatic N) is 1. The second kappa shape index (κ2) is 11.7. The number of amides is 1. The van der Waals surface area contributed by atoms with Gasteiger partial charge in [0.2, 0.25) is 5.91 Å². The number of carboxylic acids is 1. The molecule has 0 spiro atoms. The number of fused-ring (bicyclic) bond motifs is 1. The molecule has 0 atom stereocenters. The summed E-state index contributed by atoms with van der Waals surface area (Å²) in [6, 6.07) is 14.3. The molecule has 0 radical (unpaired) electrons. The summed E-state index contributed by atoms with van der Waals surface area (Å²) in [5.74, 6) is -2.83. The smallest absolute Gasteiger partial charge is 0.475 e. The molecular weight excluding hydrogens is 469 g/mol. The van der Waals surface area contributed by atoms with Gasteiger partial charge in [0.05, 0.1) is 5.69 Å². The fourth-order valence-corrected chi connectivity index (χ4v) is 2.97. The Labute approximate surface area is 197 Å². The Morgan fingerprint density at radius 2 is 1.71 bits per heavy atom. The van der Waals surface area contributed by atoms with E-state index < -0.39 is 17.8 Å². The van der Waals surface area contributed by atoms with Gasteiger partial charge in [0.25, 0.3) is 0 Å². The topological polar surface area (TPSA) is 161 Å². The zero-order valence-corrected chi connectivity index (χ0v) is 18.6. The summed E-state index contributed by atoms with van der Waals surface area (Å²) in [6.07, 6.45) is -3.23. The first kappa shape index (κ1) is 26.9. The van der Waals surface area contributed by atoms with Gasteiger partial charge in [-0.1, -0.05) is 12.1 Å². The fourth-order valence-electron chi connectivity index (χ4n) is 2.97. The number of guanidine groups is 1. The molecule has 3 aromatic rings. The zero-order chi connectivity index (χ0) is 26.2. The number of hydrogen-bond acceptors (Lipinski definition) is 5. The van der Waals surface area contributed by atoms with E-state index in [2.05, 4.69) is 10.3 Å². The van der Waals surface area contributed by atoms with Gasteiger partial charge in [0.15, 0.2) is 5.96 Å². The lowest BCUT2D eigenvalue weighted by atomic mass is 10.1. The number of benzene rings is 2. The van der Waals surface area contributed by atoms with Crippen LogP contribution in [0.4, 0.5) is 24.5 Å². The minimum absolute atomic E-state index is 0.0209. The van der Waals surface area contributed by atoms with E-state index in [0.717, 1.165) is 22.9 Å². The van der Waals surface area contributed by atoms with Crippen LogP contribution in [0.1, 0.15) is 24.0 Å². The molecule has 1 heterocycles. The van der Waals surface area contributed by atoms with Crippen molar-refractivity contribution in [1.82, 2.24) is 0 Å². The molecule has 0 aliphatic heterocycles. The van der Waals surface area contributed by atoms with Crippen molar-refractivity contribution in [3.05, 3.63) is 70.1 Å². The number of aryl methyl sites for hydroxylation is 2. The molecule has 0 saturated carbocycles. The van der Waals surface area contributed by atoms with E-state index in [1.165, 1.54) is 6.07 Å². The van der Waals surface area contributed by atoms with Gasteiger partial charge in [-0.3, -0.25) is 4.79 Å². The number of aliphatic imine (C=N–C) groups is 1. The predicted molar refractivity (Wildman–Crippen MR) is 124 cm³/mol. The van der Waals surface area contributed by atoms with E-state index in [4.69, 9.17) is 25.8 Å². The lowest BCUT2D eigenvalue weighted by molar-refractivity contribution is -0.192. The molecule has 9 nitrogen and oxygen atoms in total. The summed E-state index contributed by atoms with van der Waals surface area (Å²) >= 11 is 0. The van der Waals surface area contributed by atoms with Crippen LogP contribution in [-0.4, -0.2) is 29.1 Å². The molecule has 1 aromatic heterocycles. The Hall–Kier alpha value is -4.35. The molecule has 0 aliphatic carbocycles. The largest absolute Gasteiger partial charge is 0.490 e. The third kappa shape index (κ3) is 8.84. The van der Waals surface area contributed by atoms with Crippen LogP contribution >= 0.6 is 0 Å². The van der Waals surface area contributed by atoms with Crippen LogP contribution < -0.4 is 22.4 Å². The normalized spacial score (nSPS) is 10.7. The number of alkyl halides is 3. The highest BCUT2D eigenvalue weighted by molar-refractivity contribution is 5.93. The van der Waals surface area contributed by atoms with E-state index in [-0.39, 0.29) is 11.9 Å². The van der Waals surface area contributed by atoms with Gasteiger partial charge >= 0.3 is 17.8 Å². The van der Waals surface area contributed by atoms with E-state index in [1.807, 2.05) is 37.3 Å². The van der Waals surface area contributed by atoms with Crippen molar-refractivity contribution in [2.75, 3.05) is 5.32 Å². The molecule has 0 bridgehead atoms. The number of nitrogens with two attached hydrogens (primary N) is 2. The Balaban J connectivity index is 0.000000540. The van der Waals surface area contributed by atoms with Gasteiger partial charge in [-0.15, -0.1) is 0 Å². The first-order chi connectivity index (χ1) is 16.3. The Morgan fingerprint density at radius 1 is 1.09 bits per heavy atom. The molecule has 35 heavy (non-hydrogen) atoms. The molecule has 0 fully saturated rings. The SMILES string of the molecule is Cc1cc(=O)oc2cc(NC(=O)CCCc3ccc(N=C(N)N)cc3)ccc12.O=C(O)C(F)(F)F. The van der Waals surface area contributed by atoms with Crippen molar-refractivity contribution in [2.45, 2.75) is 32.4 Å². The van der Waals surface area contributed by atoms with Gasteiger partial charge in [0.1, 0.15) is 5.58 Å². The molecule has 3 rings (SSSR count). The standard InChI is InChI=1S/C21H22N4O3.C2HF3O2/c1-13-11-20(27)28-18-12-16(9-10-17(13)18)24-19(26)4-2-3-14-5-7-15(8-6-14)25-21(22)23;3-2(4,5)1(6)7/h5-12H,2-4H2,1H3,(H,24,26)(H4,22,23,25);(H,6,7). The summed E-state index contributed by atoms with van der Waals surface area (Å²) < 4.78 is 36.9. The van der Waals surface area contributed by atoms with Crippen LogP contribution in [0.3, 0.4) is 0 Å². The molecular formula is C23H23F3N4O5. The molecule has 0 unspecified atom stereocenters. The van der Waals surface area contributed by atoms with Crippen molar-refractivity contribution < 1.29 is 32.3 Å². The monoisotopic (exact) mass is 492 g/mol. The van der Waals surface area contributed by atoms with Crippen molar-refractivity contribution in [3.8, 4) is 0 Å². The van der Waals surface area contributed by atoms with Crippen molar-refractivity contribution in [2.24, 2.45) is 16.5 Å². The average molecular weight is 492 g/mol. The second-order valence-corrected chi connectivity index (χ2v) is 7.37. The number of carbonyl (C=O) groups is 2. The van der Waals surface area contributed by atoms with Gasteiger partial charge < -0.3 is 26.3 Å². The van der Waals surface area contributed by atoms with Gasteiger partial charge in [-0.25, -0.2) is 14.6 Å².